The minimum atomic E-state index is -0.997. The van der Waals surface area contributed by atoms with Gasteiger partial charge in [0.05, 0.1) is 7.11 Å². The molecule has 0 unspecified atom stereocenters. The molecule has 0 saturated carbocycles. The van der Waals surface area contributed by atoms with Gasteiger partial charge in [0, 0.05) is 12.0 Å². The van der Waals surface area contributed by atoms with Crippen LogP contribution in [0.2, 0.25) is 0 Å². The fourth-order valence-corrected chi connectivity index (χ4v) is 2.01. The molecular formula is C16H23NO4. The van der Waals surface area contributed by atoms with Crippen molar-refractivity contribution in [3.05, 3.63) is 29.8 Å². The second kappa shape index (κ2) is 7.11. The van der Waals surface area contributed by atoms with Gasteiger partial charge in [-0.1, -0.05) is 12.1 Å². The molecule has 0 atom stereocenters. The largest absolute Gasteiger partial charge is 0.497 e. The summed E-state index contributed by atoms with van der Waals surface area (Å²) in [5.41, 5.74) is 0.517. The topological polar surface area (TPSA) is 66.8 Å². The van der Waals surface area contributed by atoms with E-state index < -0.39 is 11.5 Å². The number of amides is 1. The summed E-state index contributed by atoms with van der Waals surface area (Å²) in [6.07, 6.45) is 0.867. The predicted molar refractivity (Wildman–Crippen MR) is 80.4 cm³/mol. The van der Waals surface area contributed by atoms with E-state index in [4.69, 9.17) is 9.84 Å². The van der Waals surface area contributed by atoms with E-state index in [0.717, 1.165) is 11.3 Å². The first-order valence-electron chi connectivity index (χ1n) is 6.89. The molecule has 1 aromatic carbocycles. The zero-order valence-electron chi connectivity index (χ0n) is 13.0. The van der Waals surface area contributed by atoms with Gasteiger partial charge in [0.2, 0.25) is 5.91 Å². The van der Waals surface area contributed by atoms with Gasteiger partial charge in [0.15, 0.2) is 0 Å². The summed E-state index contributed by atoms with van der Waals surface area (Å²) in [5, 5.41) is 8.93. The van der Waals surface area contributed by atoms with E-state index >= 15 is 0 Å². The first-order valence-corrected chi connectivity index (χ1v) is 6.89. The molecule has 0 fully saturated rings. The summed E-state index contributed by atoms with van der Waals surface area (Å²) in [4.78, 5) is 24.6. The van der Waals surface area contributed by atoms with Crippen LogP contribution in [0.5, 0.6) is 5.75 Å². The third kappa shape index (κ3) is 5.45. The predicted octanol–water partition coefficient (Wildman–Crippen LogP) is 2.34. The van der Waals surface area contributed by atoms with Crippen LogP contribution >= 0.6 is 0 Å². The lowest BCUT2D eigenvalue weighted by Crippen LogP contribution is -2.48. The molecule has 21 heavy (non-hydrogen) atoms. The second-order valence-corrected chi connectivity index (χ2v) is 5.89. The highest BCUT2D eigenvalue weighted by atomic mass is 16.5. The SMILES string of the molecule is COc1ccc(CCC(=O)N(CC(=O)O)C(C)(C)C)cc1. The number of carboxylic acid groups (broad SMARTS) is 1. The molecule has 0 spiro atoms. The average Bonchev–Trinajstić information content (AvgIpc) is 2.41. The number of aliphatic carboxylic acids is 1. The molecule has 5 nitrogen and oxygen atoms in total. The first kappa shape index (κ1) is 17.0. The number of nitrogens with zero attached hydrogens (tertiary/aromatic N) is 1. The Morgan fingerprint density at radius 1 is 1.19 bits per heavy atom. The van der Waals surface area contributed by atoms with Crippen molar-refractivity contribution in [1.82, 2.24) is 4.90 Å². The second-order valence-electron chi connectivity index (χ2n) is 5.89. The monoisotopic (exact) mass is 293 g/mol. The first-order chi connectivity index (χ1) is 9.74. The Morgan fingerprint density at radius 3 is 2.19 bits per heavy atom. The van der Waals surface area contributed by atoms with E-state index in [9.17, 15) is 9.59 Å². The van der Waals surface area contributed by atoms with Crippen molar-refractivity contribution in [2.45, 2.75) is 39.2 Å². The van der Waals surface area contributed by atoms with E-state index in [0.29, 0.717) is 6.42 Å². The lowest BCUT2D eigenvalue weighted by molar-refractivity contribution is -0.148. The number of hydrogen-bond donors (Lipinski definition) is 1. The molecule has 116 valence electrons. The fraction of sp³-hybridized carbons (Fsp3) is 0.500. The lowest BCUT2D eigenvalue weighted by Gasteiger charge is -2.34. The normalized spacial score (nSPS) is 11.0. The van der Waals surface area contributed by atoms with Crippen molar-refractivity contribution >= 4 is 11.9 Å². The molecule has 0 bridgehead atoms. The van der Waals surface area contributed by atoms with Gasteiger partial charge in [0.25, 0.3) is 0 Å². The van der Waals surface area contributed by atoms with Crippen LogP contribution in [0.4, 0.5) is 0 Å². The number of carbonyl (C=O) groups is 2. The minimum Gasteiger partial charge on any atom is -0.497 e. The maximum atomic E-state index is 12.3. The van der Waals surface area contributed by atoms with E-state index in [1.807, 2.05) is 45.0 Å². The van der Waals surface area contributed by atoms with Crippen LogP contribution in [-0.2, 0) is 16.0 Å². The number of carbonyl (C=O) groups excluding carboxylic acids is 1. The van der Waals surface area contributed by atoms with Crippen molar-refractivity contribution in [2.24, 2.45) is 0 Å². The van der Waals surface area contributed by atoms with Crippen molar-refractivity contribution < 1.29 is 19.4 Å². The molecule has 0 saturated heterocycles. The maximum Gasteiger partial charge on any atom is 0.323 e. The molecule has 0 heterocycles. The summed E-state index contributed by atoms with van der Waals surface area (Å²) < 4.78 is 5.08. The molecule has 0 aliphatic carbocycles. The van der Waals surface area contributed by atoms with Gasteiger partial charge in [-0.3, -0.25) is 9.59 Å². The Labute approximate surface area is 125 Å². The Balaban J connectivity index is 2.66. The van der Waals surface area contributed by atoms with E-state index in [-0.39, 0.29) is 18.9 Å². The van der Waals surface area contributed by atoms with Crippen molar-refractivity contribution in [1.29, 1.82) is 0 Å². The molecule has 0 aliphatic heterocycles. The number of benzene rings is 1. The smallest absolute Gasteiger partial charge is 0.323 e. The molecular weight excluding hydrogens is 270 g/mol. The van der Waals surface area contributed by atoms with Crippen LogP contribution < -0.4 is 4.74 Å². The summed E-state index contributed by atoms with van der Waals surface area (Å²) >= 11 is 0. The third-order valence-electron chi connectivity index (χ3n) is 3.19. The number of aryl methyl sites for hydroxylation is 1. The number of carboxylic acids is 1. The fourth-order valence-electron chi connectivity index (χ4n) is 2.01. The standard InChI is InChI=1S/C16H23NO4/c1-16(2,3)17(11-15(19)20)14(18)10-7-12-5-8-13(21-4)9-6-12/h5-6,8-9H,7,10-11H2,1-4H3,(H,19,20). The highest BCUT2D eigenvalue weighted by molar-refractivity contribution is 5.82. The molecule has 0 radical (unpaired) electrons. The van der Waals surface area contributed by atoms with Gasteiger partial charge in [-0.15, -0.1) is 0 Å². The van der Waals surface area contributed by atoms with Gasteiger partial charge < -0.3 is 14.7 Å². The minimum absolute atomic E-state index is 0.152. The zero-order valence-corrected chi connectivity index (χ0v) is 13.0. The molecule has 1 amide bonds. The van der Waals surface area contributed by atoms with Crippen molar-refractivity contribution in [2.75, 3.05) is 13.7 Å². The molecule has 5 heteroatoms. The van der Waals surface area contributed by atoms with Gasteiger partial charge in [-0.25, -0.2) is 0 Å². The zero-order chi connectivity index (χ0) is 16.0. The van der Waals surface area contributed by atoms with E-state index in [1.54, 1.807) is 7.11 Å². The molecule has 1 N–H and O–H groups in total. The number of hydrogen-bond acceptors (Lipinski definition) is 3. The highest BCUT2D eigenvalue weighted by Gasteiger charge is 2.27. The van der Waals surface area contributed by atoms with Crippen LogP contribution in [-0.4, -0.2) is 41.1 Å². The Kier molecular flexibility index (Phi) is 5.76. The van der Waals surface area contributed by atoms with E-state index in [1.165, 1.54) is 4.90 Å². The summed E-state index contributed by atoms with van der Waals surface area (Å²) in [6, 6.07) is 7.51. The maximum absolute atomic E-state index is 12.3. The van der Waals surface area contributed by atoms with Gasteiger partial charge in [-0.05, 0) is 44.9 Å². The van der Waals surface area contributed by atoms with Crippen LogP contribution in [0.1, 0.15) is 32.8 Å². The van der Waals surface area contributed by atoms with Crippen molar-refractivity contribution in [3.63, 3.8) is 0 Å². The summed E-state index contributed by atoms with van der Waals surface area (Å²) in [5.74, 6) is -0.379. The lowest BCUT2D eigenvalue weighted by atomic mass is 10.0. The van der Waals surface area contributed by atoms with Gasteiger partial charge >= 0.3 is 5.97 Å². The molecule has 1 rings (SSSR count). The Hall–Kier alpha value is -2.04. The van der Waals surface area contributed by atoms with Gasteiger partial charge in [0.1, 0.15) is 12.3 Å². The summed E-state index contributed by atoms with van der Waals surface area (Å²) in [6.45, 7) is 5.23. The Morgan fingerprint density at radius 2 is 1.76 bits per heavy atom. The molecule has 0 aromatic heterocycles. The van der Waals surface area contributed by atoms with E-state index in [2.05, 4.69) is 0 Å². The quantitative estimate of drug-likeness (QED) is 0.874. The number of ether oxygens (including phenoxy) is 1. The van der Waals surface area contributed by atoms with Crippen molar-refractivity contribution in [3.8, 4) is 5.75 Å². The van der Waals surface area contributed by atoms with Crippen LogP contribution in [0, 0.1) is 0 Å². The molecule has 0 aliphatic rings. The third-order valence-corrected chi connectivity index (χ3v) is 3.19. The van der Waals surface area contributed by atoms with Crippen LogP contribution in [0.3, 0.4) is 0 Å². The van der Waals surface area contributed by atoms with Crippen LogP contribution in [0.25, 0.3) is 0 Å². The number of methoxy groups -OCH3 is 1. The highest BCUT2D eigenvalue weighted by Crippen LogP contribution is 2.17. The molecule has 1 aromatic rings. The summed E-state index contributed by atoms with van der Waals surface area (Å²) in [7, 11) is 1.60. The van der Waals surface area contributed by atoms with Crippen LogP contribution in [0.15, 0.2) is 24.3 Å². The number of rotatable bonds is 6. The Bertz CT molecular complexity index is 488. The van der Waals surface area contributed by atoms with Gasteiger partial charge in [-0.2, -0.15) is 0 Å². The average molecular weight is 293 g/mol.